The molecule has 1 aliphatic heterocycles. The predicted molar refractivity (Wildman–Crippen MR) is 77.1 cm³/mol. The lowest BCUT2D eigenvalue weighted by molar-refractivity contribution is 0.0413. The lowest BCUT2D eigenvalue weighted by Gasteiger charge is -2.31. The lowest BCUT2D eigenvalue weighted by atomic mass is 10.1. The number of likely N-dealkylation sites (tertiary alicyclic amines) is 1. The molecular weight excluding hydrogens is 238 g/mol. The maximum absolute atomic E-state index is 5.39. The van der Waals surface area contributed by atoms with E-state index >= 15 is 0 Å². The molecule has 0 bridgehead atoms. The van der Waals surface area contributed by atoms with Crippen LogP contribution in [0.15, 0.2) is 24.5 Å². The lowest BCUT2D eigenvalue weighted by Crippen LogP contribution is -2.40. The molecule has 1 saturated heterocycles. The van der Waals surface area contributed by atoms with Crippen LogP contribution in [0.3, 0.4) is 0 Å². The van der Waals surface area contributed by atoms with Crippen LogP contribution in [0.1, 0.15) is 31.4 Å². The van der Waals surface area contributed by atoms with E-state index in [0.717, 1.165) is 39.0 Å². The van der Waals surface area contributed by atoms with Gasteiger partial charge in [0.2, 0.25) is 0 Å². The fraction of sp³-hybridized carbons (Fsp3) is 0.667. The number of ether oxygens (including phenoxy) is 1. The molecule has 1 aliphatic rings. The van der Waals surface area contributed by atoms with E-state index in [9.17, 15) is 0 Å². The number of pyridine rings is 1. The standard InChI is InChI=1S/C15H25N3O/c1-13(14-4-3-7-16-12-14)17-8-11-18-9-5-15(19-2)6-10-18/h3-4,7,12-13,15,17H,5-6,8-11H2,1-2H3/t13-/m1/s1. The Labute approximate surface area is 116 Å². The van der Waals surface area contributed by atoms with Crippen molar-refractivity contribution in [2.75, 3.05) is 33.3 Å². The van der Waals surface area contributed by atoms with Crippen molar-refractivity contribution in [3.05, 3.63) is 30.1 Å². The monoisotopic (exact) mass is 263 g/mol. The maximum Gasteiger partial charge on any atom is 0.0595 e. The molecule has 1 fully saturated rings. The smallest absolute Gasteiger partial charge is 0.0595 e. The third-order valence-electron chi connectivity index (χ3n) is 3.93. The van der Waals surface area contributed by atoms with Gasteiger partial charge >= 0.3 is 0 Å². The topological polar surface area (TPSA) is 37.4 Å². The first-order valence-electron chi connectivity index (χ1n) is 7.18. The van der Waals surface area contributed by atoms with Crippen LogP contribution in [0.4, 0.5) is 0 Å². The van der Waals surface area contributed by atoms with Crippen molar-refractivity contribution in [3.8, 4) is 0 Å². The van der Waals surface area contributed by atoms with E-state index < -0.39 is 0 Å². The van der Waals surface area contributed by atoms with Gasteiger partial charge in [-0.2, -0.15) is 0 Å². The minimum absolute atomic E-state index is 0.366. The number of hydrogen-bond acceptors (Lipinski definition) is 4. The van der Waals surface area contributed by atoms with Crippen LogP contribution in [0.5, 0.6) is 0 Å². The predicted octanol–water partition coefficient (Wildman–Crippen LogP) is 1.84. The Kier molecular flexibility index (Phi) is 5.76. The summed E-state index contributed by atoms with van der Waals surface area (Å²) in [5.74, 6) is 0. The van der Waals surface area contributed by atoms with E-state index in [2.05, 4.69) is 28.2 Å². The van der Waals surface area contributed by atoms with Crippen LogP contribution < -0.4 is 5.32 Å². The number of aromatic nitrogens is 1. The molecular formula is C15H25N3O. The summed E-state index contributed by atoms with van der Waals surface area (Å²) in [6.45, 7) is 6.63. The Balaban J connectivity index is 1.64. The number of nitrogens with one attached hydrogen (secondary N) is 1. The van der Waals surface area contributed by atoms with E-state index in [4.69, 9.17) is 4.74 Å². The van der Waals surface area contributed by atoms with Gasteiger partial charge in [-0.1, -0.05) is 6.07 Å². The average molecular weight is 263 g/mol. The molecule has 1 aromatic heterocycles. The first-order chi connectivity index (χ1) is 9.29. The number of piperidine rings is 1. The van der Waals surface area contributed by atoms with E-state index in [1.165, 1.54) is 5.56 Å². The summed E-state index contributed by atoms with van der Waals surface area (Å²) in [6.07, 6.45) is 6.54. The summed E-state index contributed by atoms with van der Waals surface area (Å²) >= 11 is 0. The molecule has 1 N–H and O–H groups in total. The maximum atomic E-state index is 5.39. The highest BCUT2D eigenvalue weighted by molar-refractivity contribution is 5.12. The van der Waals surface area contributed by atoms with Gasteiger partial charge in [-0.25, -0.2) is 0 Å². The highest BCUT2D eigenvalue weighted by Gasteiger charge is 2.18. The van der Waals surface area contributed by atoms with Gasteiger partial charge < -0.3 is 15.0 Å². The number of nitrogens with zero attached hydrogens (tertiary/aromatic N) is 2. The van der Waals surface area contributed by atoms with Gasteiger partial charge in [-0.15, -0.1) is 0 Å². The Morgan fingerprint density at radius 1 is 1.47 bits per heavy atom. The van der Waals surface area contributed by atoms with Crippen molar-refractivity contribution >= 4 is 0 Å². The number of rotatable bonds is 6. The normalized spacial score (nSPS) is 19.5. The third kappa shape index (κ3) is 4.56. The van der Waals surface area contributed by atoms with Gasteiger partial charge in [0, 0.05) is 51.7 Å². The van der Waals surface area contributed by atoms with Gasteiger partial charge in [-0.3, -0.25) is 4.98 Å². The quantitative estimate of drug-likeness (QED) is 0.850. The second-order valence-corrected chi connectivity index (χ2v) is 5.24. The van der Waals surface area contributed by atoms with Crippen molar-refractivity contribution in [2.24, 2.45) is 0 Å². The molecule has 0 amide bonds. The summed E-state index contributed by atoms with van der Waals surface area (Å²) in [6, 6.07) is 4.47. The van der Waals surface area contributed by atoms with Crippen molar-refractivity contribution in [3.63, 3.8) is 0 Å². The minimum atomic E-state index is 0.366. The molecule has 0 aliphatic carbocycles. The zero-order chi connectivity index (χ0) is 13.5. The summed E-state index contributed by atoms with van der Waals surface area (Å²) in [5, 5.41) is 3.56. The van der Waals surface area contributed by atoms with Gasteiger partial charge in [0.1, 0.15) is 0 Å². The van der Waals surface area contributed by atoms with Crippen LogP contribution in [0, 0.1) is 0 Å². The summed E-state index contributed by atoms with van der Waals surface area (Å²) < 4.78 is 5.39. The summed E-state index contributed by atoms with van der Waals surface area (Å²) in [5.41, 5.74) is 1.25. The zero-order valence-corrected chi connectivity index (χ0v) is 12.0. The van der Waals surface area contributed by atoms with Crippen molar-refractivity contribution in [1.29, 1.82) is 0 Å². The van der Waals surface area contributed by atoms with Gasteiger partial charge in [0.05, 0.1) is 6.10 Å². The molecule has 1 atom stereocenters. The molecule has 0 spiro atoms. The largest absolute Gasteiger partial charge is 0.381 e. The summed E-state index contributed by atoms with van der Waals surface area (Å²) in [4.78, 5) is 6.67. The van der Waals surface area contributed by atoms with Crippen LogP contribution in [-0.2, 0) is 4.74 Å². The van der Waals surface area contributed by atoms with E-state index in [1.54, 1.807) is 0 Å². The molecule has 0 saturated carbocycles. The molecule has 0 unspecified atom stereocenters. The van der Waals surface area contributed by atoms with E-state index in [1.807, 2.05) is 25.6 Å². The molecule has 2 heterocycles. The Morgan fingerprint density at radius 3 is 2.89 bits per heavy atom. The fourth-order valence-electron chi connectivity index (χ4n) is 2.56. The van der Waals surface area contributed by atoms with Crippen LogP contribution >= 0.6 is 0 Å². The van der Waals surface area contributed by atoms with Gasteiger partial charge in [0.15, 0.2) is 0 Å². The zero-order valence-electron chi connectivity index (χ0n) is 12.0. The first kappa shape index (κ1) is 14.4. The fourth-order valence-corrected chi connectivity index (χ4v) is 2.56. The Hall–Kier alpha value is -0.970. The van der Waals surface area contributed by atoms with Crippen molar-refractivity contribution < 1.29 is 4.74 Å². The van der Waals surface area contributed by atoms with Gasteiger partial charge in [0.25, 0.3) is 0 Å². The second kappa shape index (κ2) is 7.58. The van der Waals surface area contributed by atoms with Crippen molar-refractivity contribution in [2.45, 2.75) is 31.9 Å². The van der Waals surface area contributed by atoms with Crippen LogP contribution in [0.2, 0.25) is 0 Å². The number of methoxy groups -OCH3 is 1. The minimum Gasteiger partial charge on any atom is -0.381 e. The first-order valence-corrected chi connectivity index (χ1v) is 7.18. The van der Waals surface area contributed by atoms with Gasteiger partial charge in [-0.05, 0) is 31.4 Å². The number of hydrogen-bond donors (Lipinski definition) is 1. The third-order valence-corrected chi connectivity index (χ3v) is 3.93. The van der Waals surface area contributed by atoms with E-state index in [0.29, 0.717) is 12.1 Å². The Bertz CT molecular complexity index is 350. The molecule has 106 valence electrons. The van der Waals surface area contributed by atoms with E-state index in [-0.39, 0.29) is 0 Å². The highest BCUT2D eigenvalue weighted by atomic mass is 16.5. The molecule has 4 nitrogen and oxygen atoms in total. The second-order valence-electron chi connectivity index (χ2n) is 5.24. The summed E-state index contributed by atoms with van der Waals surface area (Å²) in [7, 11) is 1.82. The highest BCUT2D eigenvalue weighted by Crippen LogP contribution is 2.13. The molecule has 0 radical (unpaired) electrons. The Morgan fingerprint density at radius 2 is 2.26 bits per heavy atom. The average Bonchev–Trinajstić information content (AvgIpc) is 2.49. The molecule has 4 heteroatoms. The molecule has 0 aromatic carbocycles. The molecule has 19 heavy (non-hydrogen) atoms. The SMILES string of the molecule is COC1CCN(CCN[C@H](C)c2cccnc2)CC1. The van der Waals surface area contributed by atoms with Crippen LogP contribution in [-0.4, -0.2) is 49.3 Å². The van der Waals surface area contributed by atoms with Crippen LogP contribution in [0.25, 0.3) is 0 Å². The molecule has 2 rings (SSSR count). The van der Waals surface area contributed by atoms with Crippen molar-refractivity contribution in [1.82, 2.24) is 15.2 Å². The molecule has 1 aromatic rings.